The average Bonchev–Trinajstić information content (AvgIpc) is 2.55. The molecule has 0 bridgehead atoms. The van der Waals surface area contributed by atoms with Gasteiger partial charge in [-0.05, 0) is 24.6 Å². The van der Waals surface area contributed by atoms with Gasteiger partial charge in [0, 0.05) is 15.0 Å². The summed E-state index contributed by atoms with van der Waals surface area (Å²) in [6.45, 7) is 2.10. The number of methoxy groups -OCH3 is 1. The van der Waals surface area contributed by atoms with Gasteiger partial charge in [-0.3, -0.25) is 0 Å². The van der Waals surface area contributed by atoms with E-state index in [1.807, 2.05) is 12.1 Å². The Morgan fingerprint density at radius 2 is 2.21 bits per heavy atom. The molecule has 2 rings (SSSR count). The summed E-state index contributed by atoms with van der Waals surface area (Å²) in [6.07, 6.45) is 0. The lowest BCUT2D eigenvalue weighted by molar-refractivity contribution is 0.420. The molecule has 0 aliphatic rings. The van der Waals surface area contributed by atoms with E-state index in [0.717, 1.165) is 5.75 Å². The second-order valence-electron chi connectivity index (χ2n) is 3.12. The molecule has 0 saturated heterocycles. The van der Waals surface area contributed by atoms with E-state index in [0.29, 0.717) is 5.88 Å². The summed E-state index contributed by atoms with van der Waals surface area (Å²) in [5.41, 5.74) is 1.25. The zero-order chi connectivity index (χ0) is 10.1. The molecule has 0 spiro atoms. The number of halogens is 1. The van der Waals surface area contributed by atoms with Crippen LogP contribution in [0.25, 0.3) is 10.1 Å². The van der Waals surface area contributed by atoms with E-state index >= 15 is 0 Å². The number of hydrogen-bond acceptors (Lipinski definition) is 2. The van der Waals surface area contributed by atoms with Crippen molar-refractivity contribution >= 4 is 33.0 Å². The maximum absolute atomic E-state index is 5.87. The van der Waals surface area contributed by atoms with Crippen LogP contribution in [0, 0.1) is 6.92 Å². The van der Waals surface area contributed by atoms with Crippen molar-refractivity contribution in [2.45, 2.75) is 12.8 Å². The summed E-state index contributed by atoms with van der Waals surface area (Å²) in [6, 6.07) is 6.10. The van der Waals surface area contributed by atoms with E-state index in [1.54, 1.807) is 18.4 Å². The molecule has 3 heteroatoms. The fourth-order valence-corrected chi connectivity index (χ4v) is 3.05. The Bertz CT molecular complexity index is 462. The van der Waals surface area contributed by atoms with Gasteiger partial charge in [-0.2, -0.15) is 0 Å². The lowest BCUT2D eigenvalue weighted by Crippen LogP contribution is -1.84. The molecule has 0 aliphatic carbocycles. The number of thiophene rings is 1. The van der Waals surface area contributed by atoms with Crippen molar-refractivity contribution in [2.24, 2.45) is 0 Å². The zero-order valence-electron chi connectivity index (χ0n) is 8.13. The van der Waals surface area contributed by atoms with Crippen LogP contribution in [0.1, 0.15) is 10.4 Å². The Morgan fingerprint density at radius 1 is 1.43 bits per heavy atom. The van der Waals surface area contributed by atoms with Gasteiger partial charge in [-0.1, -0.05) is 6.07 Å². The van der Waals surface area contributed by atoms with Crippen molar-refractivity contribution in [2.75, 3.05) is 7.11 Å². The van der Waals surface area contributed by atoms with Crippen LogP contribution >= 0.6 is 22.9 Å². The fraction of sp³-hybridized carbons (Fsp3) is 0.273. The molecule has 74 valence electrons. The lowest BCUT2D eigenvalue weighted by Gasteiger charge is -2.01. The quantitative estimate of drug-likeness (QED) is 0.705. The van der Waals surface area contributed by atoms with Gasteiger partial charge in [0.05, 0.1) is 13.0 Å². The zero-order valence-corrected chi connectivity index (χ0v) is 9.71. The standard InChI is InChI=1S/C11H11ClOS/c1-7-10(6-12)14-9-5-3-4-8(13-2)11(7)9/h3-5H,6H2,1-2H3. The molecule has 0 unspecified atom stereocenters. The van der Waals surface area contributed by atoms with Gasteiger partial charge in [0.25, 0.3) is 0 Å². The highest BCUT2D eigenvalue weighted by molar-refractivity contribution is 7.19. The number of ether oxygens (including phenoxy) is 1. The smallest absolute Gasteiger partial charge is 0.127 e. The van der Waals surface area contributed by atoms with Crippen LogP contribution in [0.3, 0.4) is 0 Å². The third-order valence-electron chi connectivity index (χ3n) is 2.36. The summed E-state index contributed by atoms with van der Waals surface area (Å²) in [7, 11) is 1.70. The maximum atomic E-state index is 5.87. The average molecular weight is 227 g/mol. The van der Waals surface area contributed by atoms with Crippen molar-refractivity contribution in [1.82, 2.24) is 0 Å². The van der Waals surface area contributed by atoms with E-state index in [9.17, 15) is 0 Å². The Kier molecular flexibility index (Phi) is 2.66. The third-order valence-corrected chi connectivity index (χ3v) is 4.04. The largest absolute Gasteiger partial charge is 0.496 e. The number of benzene rings is 1. The Balaban J connectivity index is 2.79. The second kappa shape index (κ2) is 3.79. The summed E-state index contributed by atoms with van der Waals surface area (Å²) in [5, 5.41) is 1.20. The van der Waals surface area contributed by atoms with Crippen LogP contribution in [0.5, 0.6) is 5.75 Å². The van der Waals surface area contributed by atoms with Crippen LogP contribution in [0.2, 0.25) is 0 Å². The van der Waals surface area contributed by atoms with E-state index in [1.165, 1.54) is 20.5 Å². The van der Waals surface area contributed by atoms with Gasteiger partial charge < -0.3 is 4.74 Å². The van der Waals surface area contributed by atoms with Crippen molar-refractivity contribution < 1.29 is 4.74 Å². The first-order valence-electron chi connectivity index (χ1n) is 4.39. The molecular weight excluding hydrogens is 216 g/mol. The van der Waals surface area contributed by atoms with E-state index < -0.39 is 0 Å². The van der Waals surface area contributed by atoms with Crippen molar-refractivity contribution in [3.8, 4) is 5.75 Å². The summed E-state index contributed by atoms with van der Waals surface area (Å²) < 4.78 is 6.58. The van der Waals surface area contributed by atoms with E-state index in [-0.39, 0.29) is 0 Å². The molecule has 0 atom stereocenters. The minimum absolute atomic E-state index is 0.578. The maximum Gasteiger partial charge on any atom is 0.127 e. The molecule has 1 nitrogen and oxygen atoms in total. The van der Waals surface area contributed by atoms with Crippen molar-refractivity contribution in [3.05, 3.63) is 28.6 Å². The van der Waals surface area contributed by atoms with E-state index in [2.05, 4.69) is 13.0 Å². The van der Waals surface area contributed by atoms with Crippen LogP contribution in [-0.4, -0.2) is 7.11 Å². The Morgan fingerprint density at radius 3 is 2.86 bits per heavy atom. The molecule has 0 N–H and O–H groups in total. The molecule has 2 aromatic rings. The van der Waals surface area contributed by atoms with Crippen LogP contribution < -0.4 is 4.74 Å². The monoisotopic (exact) mass is 226 g/mol. The van der Waals surface area contributed by atoms with Crippen molar-refractivity contribution in [3.63, 3.8) is 0 Å². The number of fused-ring (bicyclic) bond motifs is 1. The second-order valence-corrected chi connectivity index (χ2v) is 4.52. The highest BCUT2D eigenvalue weighted by Crippen LogP contribution is 2.37. The molecule has 1 aromatic heterocycles. The van der Waals surface area contributed by atoms with Crippen molar-refractivity contribution in [1.29, 1.82) is 0 Å². The molecule has 0 fully saturated rings. The predicted octanol–water partition coefficient (Wildman–Crippen LogP) is 3.96. The van der Waals surface area contributed by atoms with Crippen LogP contribution in [0.15, 0.2) is 18.2 Å². The first kappa shape index (κ1) is 9.81. The highest BCUT2D eigenvalue weighted by Gasteiger charge is 2.10. The van der Waals surface area contributed by atoms with Gasteiger partial charge in [0.2, 0.25) is 0 Å². The molecule has 0 amide bonds. The molecule has 0 saturated carbocycles. The Hall–Kier alpha value is -0.730. The van der Waals surface area contributed by atoms with Gasteiger partial charge in [0.1, 0.15) is 5.75 Å². The van der Waals surface area contributed by atoms with Gasteiger partial charge in [0.15, 0.2) is 0 Å². The van der Waals surface area contributed by atoms with E-state index in [4.69, 9.17) is 16.3 Å². The SMILES string of the molecule is COc1cccc2sc(CCl)c(C)c12. The first-order chi connectivity index (χ1) is 6.77. The molecule has 1 aromatic carbocycles. The molecule has 0 radical (unpaired) electrons. The van der Waals surface area contributed by atoms with Crippen LogP contribution in [0.4, 0.5) is 0 Å². The number of hydrogen-bond donors (Lipinski definition) is 0. The first-order valence-corrected chi connectivity index (χ1v) is 5.74. The topological polar surface area (TPSA) is 9.23 Å². The minimum Gasteiger partial charge on any atom is -0.496 e. The summed E-state index contributed by atoms with van der Waals surface area (Å²) in [4.78, 5) is 1.23. The van der Waals surface area contributed by atoms with Gasteiger partial charge in [-0.15, -0.1) is 22.9 Å². The summed E-state index contributed by atoms with van der Waals surface area (Å²) >= 11 is 7.61. The predicted molar refractivity (Wildman–Crippen MR) is 62.7 cm³/mol. The number of aryl methyl sites for hydroxylation is 1. The summed E-state index contributed by atoms with van der Waals surface area (Å²) in [5.74, 6) is 1.52. The molecule has 14 heavy (non-hydrogen) atoms. The number of rotatable bonds is 2. The Labute approximate surface area is 92.3 Å². The minimum atomic E-state index is 0.578. The third kappa shape index (κ3) is 1.39. The molecular formula is C11H11ClOS. The highest BCUT2D eigenvalue weighted by atomic mass is 35.5. The normalized spacial score (nSPS) is 10.8. The lowest BCUT2D eigenvalue weighted by atomic mass is 10.1. The number of alkyl halides is 1. The fourth-order valence-electron chi connectivity index (χ4n) is 1.61. The molecule has 1 heterocycles. The van der Waals surface area contributed by atoms with Gasteiger partial charge >= 0.3 is 0 Å². The molecule has 0 aliphatic heterocycles. The van der Waals surface area contributed by atoms with Crippen LogP contribution in [-0.2, 0) is 5.88 Å². The van der Waals surface area contributed by atoms with Gasteiger partial charge in [-0.25, -0.2) is 0 Å².